The van der Waals surface area contributed by atoms with Crippen LogP contribution in [-0.2, 0) is 4.79 Å². The van der Waals surface area contributed by atoms with Gasteiger partial charge in [-0.05, 0) is 39.5 Å². The van der Waals surface area contributed by atoms with E-state index < -0.39 is 0 Å². The van der Waals surface area contributed by atoms with Crippen LogP contribution in [0.1, 0.15) is 18.5 Å². The summed E-state index contributed by atoms with van der Waals surface area (Å²) in [6.45, 7) is 3.62. The number of nitrogens with zero attached hydrogens (tertiary/aromatic N) is 1. The Morgan fingerprint density at radius 2 is 1.86 bits per heavy atom. The molecule has 0 saturated carbocycles. The van der Waals surface area contributed by atoms with E-state index in [4.69, 9.17) is 0 Å². The number of nitrogens with one attached hydrogen (secondary N) is 1. The third-order valence-corrected chi connectivity index (χ3v) is 4.78. The fourth-order valence-corrected chi connectivity index (χ4v) is 3.48. The van der Waals surface area contributed by atoms with Gasteiger partial charge in [0.2, 0.25) is 5.91 Å². The minimum atomic E-state index is 0.0275. The molecule has 3 nitrogen and oxygen atoms in total. The maximum Gasteiger partial charge on any atom is 0.238 e. The van der Waals surface area contributed by atoms with E-state index in [1.807, 2.05) is 30.3 Å². The largest absolute Gasteiger partial charge is 0.324 e. The summed E-state index contributed by atoms with van der Waals surface area (Å²) in [7, 11) is 0. The molecule has 3 rings (SSSR count). The lowest BCUT2D eigenvalue weighted by Gasteiger charge is -2.46. The van der Waals surface area contributed by atoms with Crippen LogP contribution < -0.4 is 5.32 Å². The molecule has 0 bridgehead atoms. The normalized spacial score (nSPS) is 21.2. The number of amides is 1. The van der Waals surface area contributed by atoms with E-state index in [2.05, 4.69) is 57.3 Å². The van der Waals surface area contributed by atoms with Crippen LogP contribution in [0, 0.1) is 5.92 Å². The minimum Gasteiger partial charge on any atom is -0.324 e. The third-order valence-electron chi connectivity index (χ3n) is 4.09. The van der Waals surface area contributed by atoms with Crippen LogP contribution in [0.15, 0.2) is 59.1 Å². The summed E-state index contributed by atoms with van der Waals surface area (Å²) in [5, 5.41) is 2.97. The Bertz CT molecular complexity index is 659. The molecule has 1 aliphatic rings. The van der Waals surface area contributed by atoms with Crippen LogP contribution in [-0.4, -0.2) is 23.9 Å². The standard InChI is InChI=1S/C18H19BrN2O/c1-13-11-21(18(13)14-7-3-2-4-8-14)12-17(22)20-16-10-6-5-9-15(16)19/h2-10,13,18H,11-12H2,1H3,(H,20,22). The summed E-state index contributed by atoms with van der Waals surface area (Å²) in [5.74, 6) is 0.610. The van der Waals surface area contributed by atoms with Crippen molar-refractivity contribution >= 4 is 27.5 Å². The van der Waals surface area contributed by atoms with E-state index in [0.29, 0.717) is 18.5 Å². The van der Waals surface area contributed by atoms with Crippen molar-refractivity contribution in [3.63, 3.8) is 0 Å². The van der Waals surface area contributed by atoms with Gasteiger partial charge in [0.25, 0.3) is 0 Å². The summed E-state index contributed by atoms with van der Waals surface area (Å²) < 4.78 is 0.903. The zero-order chi connectivity index (χ0) is 15.5. The molecule has 1 amide bonds. The first-order chi connectivity index (χ1) is 10.6. The molecule has 0 aromatic heterocycles. The molecule has 1 saturated heterocycles. The lowest BCUT2D eigenvalue weighted by atomic mass is 9.85. The van der Waals surface area contributed by atoms with Crippen molar-refractivity contribution in [3.8, 4) is 0 Å². The number of anilines is 1. The molecule has 2 atom stereocenters. The molecule has 4 heteroatoms. The number of hydrogen-bond acceptors (Lipinski definition) is 2. The summed E-state index contributed by atoms with van der Waals surface area (Å²) in [6, 6.07) is 18.4. The first-order valence-corrected chi connectivity index (χ1v) is 8.28. The van der Waals surface area contributed by atoms with Crippen molar-refractivity contribution in [1.29, 1.82) is 0 Å². The van der Waals surface area contributed by atoms with Crippen LogP contribution in [0.4, 0.5) is 5.69 Å². The molecule has 2 unspecified atom stereocenters. The molecular weight excluding hydrogens is 340 g/mol. The average Bonchev–Trinajstić information content (AvgIpc) is 2.50. The van der Waals surface area contributed by atoms with E-state index in [1.165, 1.54) is 5.56 Å². The molecule has 114 valence electrons. The predicted octanol–water partition coefficient (Wildman–Crippen LogP) is 4.08. The van der Waals surface area contributed by atoms with E-state index in [-0.39, 0.29) is 5.91 Å². The lowest BCUT2D eigenvalue weighted by molar-refractivity contribution is -0.120. The highest BCUT2D eigenvalue weighted by atomic mass is 79.9. The molecule has 1 heterocycles. The molecular formula is C18H19BrN2O. The fraction of sp³-hybridized carbons (Fsp3) is 0.278. The Labute approximate surface area is 139 Å². The number of likely N-dealkylation sites (tertiary alicyclic amines) is 1. The Morgan fingerprint density at radius 3 is 2.55 bits per heavy atom. The van der Waals surface area contributed by atoms with Gasteiger partial charge in [-0.2, -0.15) is 0 Å². The van der Waals surface area contributed by atoms with E-state index in [9.17, 15) is 4.79 Å². The van der Waals surface area contributed by atoms with Crippen LogP contribution >= 0.6 is 15.9 Å². The number of hydrogen-bond donors (Lipinski definition) is 1. The van der Waals surface area contributed by atoms with Crippen LogP contribution in [0.2, 0.25) is 0 Å². The van der Waals surface area contributed by atoms with E-state index in [0.717, 1.165) is 16.7 Å². The van der Waals surface area contributed by atoms with Gasteiger partial charge < -0.3 is 5.32 Å². The van der Waals surface area contributed by atoms with E-state index in [1.54, 1.807) is 0 Å². The van der Waals surface area contributed by atoms with Gasteiger partial charge in [0.05, 0.1) is 12.2 Å². The summed E-state index contributed by atoms with van der Waals surface area (Å²) in [4.78, 5) is 14.5. The van der Waals surface area contributed by atoms with Crippen molar-refractivity contribution in [2.24, 2.45) is 5.92 Å². The molecule has 0 aliphatic carbocycles. The van der Waals surface area contributed by atoms with Crippen LogP contribution in [0.25, 0.3) is 0 Å². The SMILES string of the molecule is CC1CN(CC(=O)Nc2ccccc2Br)C1c1ccccc1. The Kier molecular flexibility index (Phi) is 4.60. The first kappa shape index (κ1) is 15.3. The average molecular weight is 359 g/mol. The number of benzene rings is 2. The maximum atomic E-state index is 12.3. The van der Waals surface area contributed by atoms with Gasteiger partial charge in [0.15, 0.2) is 0 Å². The van der Waals surface area contributed by atoms with Gasteiger partial charge in [-0.3, -0.25) is 9.69 Å². The number of carbonyl (C=O) groups excluding carboxylic acids is 1. The van der Waals surface area contributed by atoms with Crippen molar-refractivity contribution < 1.29 is 4.79 Å². The van der Waals surface area contributed by atoms with E-state index >= 15 is 0 Å². The van der Waals surface area contributed by atoms with Crippen molar-refractivity contribution in [1.82, 2.24) is 4.90 Å². The summed E-state index contributed by atoms with van der Waals surface area (Å²) in [6.07, 6.45) is 0. The number of rotatable bonds is 4. The Balaban J connectivity index is 1.63. The monoisotopic (exact) mass is 358 g/mol. The Morgan fingerprint density at radius 1 is 1.18 bits per heavy atom. The number of para-hydroxylation sites is 1. The van der Waals surface area contributed by atoms with Gasteiger partial charge in [-0.25, -0.2) is 0 Å². The second-order valence-corrected chi connectivity index (χ2v) is 6.64. The maximum absolute atomic E-state index is 12.3. The molecule has 2 aromatic rings. The van der Waals surface area contributed by atoms with Gasteiger partial charge in [0, 0.05) is 17.1 Å². The first-order valence-electron chi connectivity index (χ1n) is 7.48. The van der Waals surface area contributed by atoms with Crippen LogP contribution in [0.5, 0.6) is 0 Å². The Hall–Kier alpha value is -1.65. The highest BCUT2D eigenvalue weighted by Crippen LogP contribution is 2.38. The topological polar surface area (TPSA) is 32.3 Å². The molecule has 1 N–H and O–H groups in total. The highest BCUT2D eigenvalue weighted by Gasteiger charge is 2.37. The molecule has 1 fully saturated rings. The zero-order valence-corrected chi connectivity index (χ0v) is 14.1. The third kappa shape index (κ3) is 3.23. The number of carbonyl (C=O) groups is 1. The van der Waals surface area contributed by atoms with Crippen LogP contribution in [0.3, 0.4) is 0 Å². The quantitative estimate of drug-likeness (QED) is 0.892. The summed E-state index contributed by atoms with van der Waals surface area (Å²) in [5.41, 5.74) is 2.10. The number of halogens is 1. The zero-order valence-electron chi connectivity index (χ0n) is 12.5. The lowest BCUT2D eigenvalue weighted by Crippen LogP contribution is -2.51. The molecule has 22 heavy (non-hydrogen) atoms. The molecule has 2 aromatic carbocycles. The van der Waals surface area contributed by atoms with Crippen molar-refractivity contribution in [2.45, 2.75) is 13.0 Å². The highest BCUT2D eigenvalue weighted by molar-refractivity contribution is 9.10. The van der Waals surface area contributed by atoms with Crippen molar-refractivity contribution in [3.05, 3.63) is 64.6 Å². The van der Waals surface area contributed by atoms with Gasteiger partial charge in [-0.1, -0.05) is 49.4 Å². The molecule has 1 aliphatic heterocycles. The van der Waals surface area contributed by atoms with Gasteiger partial charge >= 0.3 is 0 Å². The summed E-state index contributed by atoms with van der Waals surface area (Å²) >= 11 is 3.45. The second kappa shape index (κ2) is 6.63. The van der Waals surface area contributed by atoms with Crippen molar-refractivity contribution in [2.75, 3.05) is 18.4 Å². The van der Waals surface area contributed by atoms with Gasteiger partial charge in [-0.15, -0.1) is 0 Å². The molecule has 0 spiro atoms. The predicted molar refractivity (Wildman–Crippen MR) is 92.7 cm³/mol. The van der Waals surface area contributed by atoms with Gasteiger partial charge in [0.1, 0.15) is 0 Å². The second-order valence-electron chi connectivity index (χ2n) is 5.79. The fourth-order valence-electron chi connectivity index (χ4n) is 3.09. The molecule has 0 radical (unpaired) electrons. The smallest absolute Gasteiger partial charge is 0.238 e. The minimum absolute atomic E-state index is 0.0275.